The Bertz CT molecular complexity index is 668. The lowest BCUT2D eigenvalue weighted by Crippen LogP contribution is -1.80. The summed E-state index contributed by atoms with van der Waals surface area (Å²) in [7, 11) is 0. The van der Waals surface area contributed by atoms with Crippen LogP contribution in [0.5, 0.6) is 0 Å². The van der Waals surface area contributed by atoms with Crippen LogP contribution >= 0.6 is 0 Å². The van der Waals surface area contributed by atoms with Crippen molar-refractivity contribution in [2.75, 3.05) is 0 Å². The maximum absolute atomic E-state index is 5.44. The molecule has 0 saturated heterocycles. The van der Waals surface area contributed by atoms with Gasteiger partial charge in [0.2, 0.25) is 0 Å². The molecule has 2 nitrogen and oxygen atoms in total. The quantitative estimate of drug-likeness (QED) is 0.620. The third-order valence-electron chi connectivity index (χ3n) is 2.95. The molecule has 84 valence electrons. The van der Waals surface area contributed by atoms with Crippen LogP contribution in [-0.4, -0.2) is 5.16 Å². The molecular weight excluding hydrogens is 210 g/mol. The number of hydrogen-bond acceptors (Lipinski definition) is 2. The fraction of sp³-hybridized carbons (Fsp3) is 0.133. The van der Waals surface area contributed by atoms with Gasteiger partial charge in [-0.1, -0.05) is 41.6 Å². The second-order valence-corrected chi connectivity index (χ2v) is 4.36. The largest absolute Gasteiger partial charge is 0.355 e. The van der Waals surface area contributed by atoms with Crippen molar-refractivity contribution in [3.63, 3.8) is 0 Å². The third kappa shape index (κ3) is 1.62. The molecule has 3 rings (SSSR count). The molecule has 17 heavy (non-hydrogen) atoms. The normalized spacial score (nSPS) is 10.9. The number of aromatic nitrogens is 1. The Balaban J connectivity index is 2.32. The van der Waals surface area contributed by atoms with Gasteiger partial charge < -0.3 is 4.52 Å². The van der Waals surface area contributed by atoms with E-state index in [0.29, 0.717) is 0 Å². The van der Waals surface area contributed by atoms with Crippen molar-refractivity contribution in [2.24, 2.45) is 0 Å². The Morgan fingerprint density at radius 3 is 2.53 bits per heavy atom. The smallest absolute Gasteiger partial charge is 0.170 e. The summed E-state index contributed by atoms with van der Waals surface area (Å²) in [6.07, 6.45) is 0. The van der Waals surface area contributed by atoms with Gasteiger partial charge in [-0.2, -0.15) is 0 Å². The molecule has 2 aromatic carbocycles. The average Bonchev–Trinajstić information content (AvgIpc) is 2.74. The number of nitrogens with zero attached hydrogens (tertiary/aromatic N) is 1. The molecule has 0 aliphatic heterocycles. The standard InChI is InChI=1S/C15H13NO/c1-10-8-11(2)15-13(9-10)14(16-17-15)12-6-4-3-5-7-12/h3-9H,1-2H3. The second kappa shape index (κ2) is 3.74. The topological polar surface area (TPSA) is 26.0 Å². The number of aryl methyl sites for hydroxylation is 2. The maximum Gasteiger partial charge on any atom is 0.170 e. The van der Waals surface area contributed by atoms with Crippen molar-refractivity contribution < 1.29 is 4.52 Å². The van der Waals surface area contributed by atoms with Gasteiger partial charge in [-0.15, -0.1) is 0 Å². The summed E-state index contributed by atoms with van der Waals surface area (Å²) >= 11 is 0. The maximum atomic E-state index is 5.44. The van der Waals surface area contributed by atoms with Crippen LogP contribution in [-0.2, 0) is 0 Å². The minimum atomic E-state index is 0.884. The van der Waals surface area contributed by atoms with Gasteiger partial charge in [-0.05, 0) is 31.0 Å². The van der Waals surface area contributed by atoms with Crippen molar-refractivity contribution >= 4 is 11.0 Å². The lowest BCUT2D eigenvalue weighted by molar-refractivity contribution is 0.458. The van der Waals surface area contributed by atoms with Crippen LogP contribution in [0.25, 0.3) is 22.2 Å². The Morgan fingerprint density at radius 1 is 1.00 bits per heavy atom. The second-order valence-electron chi connectivity index (χ2n) is 4.36. The van der Waals surface area contributed by atoms with Gasteiger partial charge in [0.15, 0.2) is 5.58 Å². The molecular formula is C15H13NO. The lowest BCUT2D eigenvalue weighted by atomic mass is 10.0. The predicted molar refractivity (Wildman–Crippen MR) is 68.9 cm³/mol. The van der Waals surface area contributed by atoms with Crippen molar-refractivity contribution in [3.05, 3.63) is 53.6 Å². The van der Waals surface area contributed by atoms with Gasteiger partial charge in [-0.3, -0.25) is 0 Å². The minimum Gasteiger partial charge on any atom is -0.355 e. The van der Waals surface area contributed by atoms with E-state index in [0.717, 1.165) is 27.8 Å². The summed E-state index contributed by atoms with van der Waals surface area (Å²) in [6, 6.07) is 14.4. The van der Waals surface area contributed by atoms with Crippen LogP contribution in [0, 0.1) is 13.8 Å². The number of hydrogen-bond donors (Lipinski definition) is 0. The molecule has 0 saturated carbocycles. The van der Waals surface area contributed by atoms with E-state index in [4.69, 9.17) is 4.52 Å². The molecule has 2 heteroatoms. The van der Waals surface area contributed by atoms with E-state index >= 15 is 0 Å². The highest BCUT2D eigenvalue weighted by molar-refractivity contribution is 5.93. The number of rotatable bonds is 1. The van der Waals surface area contributed by atoms with Crippen molar-refractivity contribution in [1.82, 2.24) is 5.16 Å². The molecule has 0 N–H and O–H groups in total. The Kier molecular flexibility index (Phi) is 2.22. The zero-order chi connectivity index (χ0) is 11.8. The molecule has 3 aromatic rings. The van der Waals surface area contributed by atoms with E-state index in [1.165, 1.54) is 5.56 Å². The van der Waals surface area contributed by atoms with E-state index in [1.807, 2.05) is 18.2 Å². The van der Waals surface area contributed by atoms with Crippen molar-refractivity contribution in [2.45, 2.75) is 13.8 Å². The summed E-state index contributed by atoms with van der Waals surface area (Å²) < 4.78 is 5.44. The van der Waals surface area contributed by atoms with Crippen LogP contribution in [0.1, 0.15) is 11.1 Å². The van der Waals surface area contributed by atoms with Gasteiger partial charge in [0.05, 0.1) is 5.39 Å². The van der Waals surface area contributed by atoms with Gasteiger partial charge in [0.1, 0.15) is 5.69 Å². The summed E-state index contributed by atoms with van der Waals surface area (Å²) in [5, 5.41) is 5.28. The van der Waals surface area contributed by atoms with Gasteiger partial charge in [0, 0.05) is 5.56 Å². The highest BCUT2D eigenvalue weighted by atomic mass is 16.5. The zero-order valence-electron chi connectivity index (χ0n) is 9.90. The number of benzene rings is 2. The Labute approximate surface area is 99.9 Å². The van der Waals surface area contributed by atoms with Crippen LogP contribution in [0.15, 0.2) is 47.0 Å². The first kappa shape index (κ1) is 10.1. The van der Waals surface area contributed by atoms with Crippen LogP contribution < -0.4 is 0 Å². The predicted octanol–water partition coefficient (Wildman–Crippen LogP) is 4.11. The van der Waals surface area contributed by atoms with E-state index < -0.39 is 0 Å². The molecule has 0 fully saturated rings. The molecule has 0 radical (unpaired) electrons. The number of fused-ring (bicyclic) bond motifs is 1. The van der Waals surface area contributed by atoms with Crippen LogP contribution in [0.4, 0.5) is 0 Å². The molecule has 0 aliphatic rings. The fourth-order valence-corrected chi connectivity index (χ4v) is 2.20. The lowest BCUT2D eigenvalue weighted by Gasteiger charge is -1.99. The molecule has 0 amide bonds. The highest BCUT2D eigenvalue weighted by Gasteiger charge is 2.12. The Hall–Kier alpha value is -2.09. The summed E-state index contributed by atoms with van der Waals surface area (Å²) in [4.78, 5) is 0. The third-order valence-corrected chi connectivity index (χ3v) is 2.95. The van der Waals surface area contributed by atoms with Crippen molar-refractivity contribution in [1.29, 1.82) is 0 Å². The summed E-state index contributed by atoms with van der Waals surface area (Å²) in [5.41, 5.74) is 5.27. The molecule has 1 heterocycles. The minimum absolute atomic E-state index is 0.884. The monoisotopic (exact) mass is 223 g/mol. The molecule has 0 bridgehead atoms. The molecule has 0 atom stereocenters. The molecule has 0 spiro atoms. The Morgan fingerprint density at radius 2 is 1.76 bits per heavy atom. The first-order valence-corrected chi connectivity index (χ1v) is 5.68. The van der Waals surface area contributed by atoms with Gasteiger partial charge in [-0.25, -0.2) is 0 Å². The molecule has 0 aliphatic carbocycles. The first-order valence-electron chi connectivity index (χ1n) is 5.68. The zero-order valence-corrected chi connectivity index (χ0v) is 9.90. The molecule has 0 unspecified atom stereocenters. The van der Waals surface area contributed by atoms with Crippen LogP contribution in [0.3, 0.4) is 0 Å². The SMILES string of the molecule is Cc1cc(C)c2onc(-c3ccccc3)c2c1. The van der Waals surface area contributed by atoms with E-state index in [2.05, 4.69) is 43.3 Å². The van der Waals surface area contributed by atoms with E-state index in [-0.39, 0.29) is 0 Å². The van der Waals surface area contributed by atoms with E-state index in [9.17, 15) is 0 Å². The summed E-state index contributed by atoms with van der Waals surface area (Å²) in [6.45, 7) is 4.14. The first-order chi connectivity index (χ1) is 8.25. The molecule has 1 aromatic heterocycles. The van der Waals surface area contributed by atoms with Crippen LogP contribution in [0.2, 0.25) is 0 Å². The van der Waals surface area contributed by atoms with Crippen molar-refractivity contribution in [3.8, 4) is 11.3 Å². The average molecular weight is 223 g/mol. The van der Waals surface area contributed by atoms with Gasteiger partial charge >= 0.3 is 0 Å². The van der Waals surface area contributed by atoms with Gasteiger partial charge in [0.25, 0.3) is 0 Å². The fourth-order valence-electron chi connectivity index (χ4n) is 2.20. The van der Waals surface area contributed by atoms with E-state index in [1.54, 1.807) is 0 Å². The summed E-state index contributed by atoms with van der Waals surface area (Å²) in [5.74, 6) is 0. The highest BCUT2D eigenvalue weighted by Crippen LogP contribution is 2.30.